The predicted molar refractivity (Wildman–Crippen MR) is 124 cm³/mol. The number of hydrogen-bond donors (Lipinski definition) is 3. The Balaban J connectivity index is 0.00000420. The number of amides is 1. The molecule has 29 heavy (non-hydrogen) atoms. The van der Waals surface area contributed by atoms with E-state index in [9.17, 15) is 14.3 Å². The van der Waals surface area contributed by atoms with Crippen molar-refractivity contribution in [2.24, 2.45) is 4.99 Å². The zero-order chi connectivity index (χ0) is 20.5. The molecule has 0 radical (unpaired) electrons. The minimum absolute atomic E-state index is 0. The predicted octanol–water partition coefficient (Wildman–Crippen LogP) is 2.93. The van der Waals surface area contributed by atoms with Crippen molar-refractivity contribution < 1.29 is 14.3 Å². The van der Waals surface area contributed by atoms with Crippen LogP contribution in [-0.4, -0.2) is 49.1 Å². The van der Waals surface area contributed by atoms with E-state index in [4.69, 9.17) is 0 Å². The summed E-state index contributed by atoms with van der Waals surface area (Å²) in [5, 5.41) is 16.3. The average molecular weight is 514 g/mol. The molecular formula is C21H28FIN4O2. The lowest BCUT2D eigenvalue weighted by Crippen LogP contribution is -2.39. The third-order valence-electron chi connectivity index (χ3n) is 4.10. The lowest BCUT2D eigenvalue weighted by molar-refractivity contribution is 0.0827. The molecule has 0 aliphatic rings. The van der Waals surface area contributed by atoms with Gasteiger partial charge in [0, 0.05) is 38.3 Å². The van der Waals surface area contributed by atoms with Crippen LogP contribution in [-0.2, 0) is 6.54 Å². The van der Waals surface area contributed by atoms with Crippen LogP contribution >= 0.6 is 24.0 Å². The molecule has 0 spiro atoms. The molecule has 0 aliphatic carbocycles. The Kier molecular flexibility index (Phi) is 10.6. The van der Waals surface area contributed by atoms with Gasteiger partial charge < -0.3 is 20.6 Å². The Labute approximate surface area is 188 Å². The molecular weight excluding hydrogens is 486 g/mol. The van der Waals surface area contributed by atoms with Gasteiger partial charge in [0.25, 0.3) is 5.91 Å². The molecule has 6 nitrogen and oxygen atoms in total. The van der Waals surface area contributed by atoms with Crippen LogP contribution in [0.15, 0.2) is 53.5 Å². The van der Waals surface area contributed by atoms with Gasteiger partial charge in [-0.05, 0) is 30.7 Å². The summed E-state index contributed by atoms with van der Waals surface area (Å²) in [5.74, 6) is 0.0321. The molecule has 2 aromatic carbocycles. The minimum Gasteiger partial charge on any atom is -0.386 e. The number of aliphatic imine (C=N–C) groups is 1. The Morgan fingerprint density at radius 2 is 1.79 bits per heavy atom. The summed E-state index contributed by atoms with van der Waals surface area (Å²) in [6.45, 7) is 3.12. The van der Waals surface area contributed by atoms with Crippen molar-refractivity contribution >= 4 is 35.8 Å². The van der Waals surface area contributed by atoms with Crippen molar-refractivity contribution in [2.75, 3.05) is 27.2 Å². The van der Waals surface area contributed by atoms with Gasteiger partial charge in [-0.15, -0.1) is 24.0 Å². The molecule has 8 heteroatoms. The van der Waals surface area contributed by atoms with Crippen molar-refractivity contribution in [3.05, 3.63) is 71.0 Å². The van der Waals surface area contributed by atoms with Gasteiger partial charge in [-0.1, -0.05) is 30.3 Å². The first-order chi connectivity index (χ1) is 13.4. The first-order valence-corrected chi connectivity index (χ1v) is 9.17. The zero-order valence-corrected chi connectivity index (χ0v) is 19.2. The second-order valence-corrected chi connectivity index (χ2v) is 6.51. The first kappa shape index (κ1) is 24.8. The molecule has 0 aliphatic heterocycles. The van der Waals surface area contributed by atoms with Gasteiger partial charge in [0.2, 0.25) is 0 Å². The second-order valence-electron chi connectivity index (χ2n) is 6.51. The van der Waals surface area contributed by atoms with Crippen LogP contribution in [0.25, 0.3) is 0 Å². The average Bonchev–Trinajstić information content (AvgIpc) is 2.70. The number of aliphatic hydroxyl groups is 1. The van der Waals surface area contributed by atoms with E-state index in [0.29, 0.717) is 24.6 Å². The van der Waals surface area contributed by atoms with Crippen LogP contribution in [0.1, 0.15) is 34.5 Å². The highest BCUT2D eigenvalue weighted by Gasteiger charge is 2.12. The maximum Gasteiger partial charge on any atom is 0.253 e. The van der Waals surface area contributed by atoms with Gasteiger partial charge in [0.15, 0.2) is 5.96 Å². The molecule has 0 saturated carbocycles. The normalized spacial score (nSPS) is 12.0. The lowest BCUT2D eigenvalue weighted by Gasteiger charge is -2.16. The Morgan fingerprint density at radius 1 is 1.14 bits per heavy atom. The lowest BCUT2D eigenvalue weighted by atomic mass is 10.1. The summed E-state index contributed by atoms with van der Waals surface area (Å²) in [5.41, 5.74) is 1.81. The van der Waals surface area contributed by atoms with Gasteiger partial charge in [-0.2, -0.15) is 0 Å². The van der Waals surface area contributed by atoms with E-state index in [2.05, 4.69) is 15.6 Å². The van der Waals surface area contributed by atoms with Crippen molar-refractivity contribution in [3.63, 3.8) is 0 Å². The van der Waals surface area contributed by atoms with Gasteiger partial charge in [0.05, 0.1) is 12.6 Å². The third kappa shape index (κ3) is 7.62. The standard InChI is InChI=1S/C21H27FN4O2.HI/c1-4-23-21(25-14-19(27)17-7-5-6-8-18(17)22)24-13-15-9-11-16(12-10-15)20(28)26(2)3;/h5-12,19,27H,4,13-14H2,1-3H3,(H2,23,24,25);1H. The molecule has 3 N–H and O–H groups in total. The summed E-state index contributed by atoms with van der Waals surface area (Å²) < 4.78 is 13.8. The smallest absolute Gasteiger partial charge is 0.253 e. The van der Waals surface area contributed by atoms with Crippen LogP contribution in [0.5, 0.6) is 0 Å². The van der Waals surface area contributed by atoms with E-state index < -0.39 is 11.9 Å². The summed E-state index contributed by atoms with van der Waals surface area (Å²) in [7, 11) is 3.43. The van der Waals surface area contributed by atoms with Crippen LogP contribution < -0.4 is 10.6 Å². The van der Waals surface area contributed by atoms with Crippen molar-refractivity contribution in [3.8, 4) is 0 Å². The quantitative estimate of drug-likeness (QED) is 0.302. The Hall–Kier alpha value is -2.20. The highest BCUT2D eigenvalue weighted by molar-refractivity contribution is 14.0. The van der Waals surface area contributed by atoms with Crippen molar-refractivity contribution in [1.82, 2.24) is 15.5 Å². The van der Waals surface area contributed by atoms with Crippen molar-refractivity contribution in [2.45, 2.75) is 19.6 Å². The number of aliphatic hydroxyl groups excluding tert-OH is 1. The monoisotopic (exact) mass is 514 g/mol. The molecule has 0 fully saturated rings. The number of benzene rings is 2. The number of nitrogens with zero attached hydrogens (tertiary/aromatic N) is 2. The zero-order valence-electron chi connectivity index (χ0n) is 16.9. The van der Waals surface area contributed by atoms with E-state index >= 15 is 0 Å². The van der Waals surface area contributed by atoms with Gasteiger partial charge in [0.1, 0.15) is 5.82 Å². The minimum atomic E-state index is -0.985. The van der Waals surface area contributed by atoms with E-state index in [0.717, 1.165) is 5.56 Å². The molecule has 1 amide bonds. The number of rotatable bonds is 7. The molecule has 1 unspecified atom stereocenters. The van der Waals surface area contributed by atoms with Crippen LogP contribution in [0.4, 0.5) is 4.39 Å². The first-order valence-electron chi connectivity index (χ1n) is 9.17. The summed E-state index contributed by atoms with van der Waals surface area (Å²) in [4.78, 5) is 17.9. The highest BCUT2D eigenvalue weighted by Crippen LogP contribution is 2.15. The molecule has 0 aromatic heterocycles. The number of carbonyl (C=O) groups is 1. The van der Waals surface area contributed by atoms with Crippen molar-refractivity contribution in [1.29, 1.82) is 0 Å². The van der Waals surface area contributed by atoms with Gasteiger partial charge in [-0.25, -0.2) is 9.38 Å². The van der Waals surface area contributed by atoms with E-state index in [-0.39, 0.29) is 42.0 Å². The van der Waals surface area contributed by atoms with E-state index in [1.165, 1.54) is 11.0 Å². The molecule has 0 bridgehead atoms. The molecule has 1 atom stereocenters. The summed E-state index contributed by atoms with van der Waals surface area (Å²) in [6, 6.07) is 13.4. The largest absolute Gasteiger partial charge is 0.386 e. The summed E-state index contributed by atoms with van der Waals surface area (Å²) in [6.07, 6.45) is -0.985. The Morgan fingerprint density at radius 3 is 2.38 bits per heavy atom. The highest BCUT2D eigenvalue weighted by atomic mass is 127. The number of hydrogen-bond acceptors (Lipinski definition) is 3. The molecule has 2 rings (SSSR count). The molecule has 0 heterocycles. The summed E-state index contributed by atoms with van der Waals surface area (Å²) >= 11 is 0. The van der Waals surface area contributed by atoms with Crippen LogP contribution in [0.2, 0.25) is 0 Å². The van der Waals surface area contributed by atoms with Crippen LogP contribution in [0.3, 0.4) is 0 Å². The topological polar surface area (TPSA) is 77.0 Å². The maximum absolute atomic E-state index is 13.8. The number of halogens is 2. The fraction of sp³-hybridized carbons (Fsp3) is 0.333. The SMILES string of the molecule is CCNC(=NCc1ccc(C(=O)N(C)C)cc1)NCC(O)c1ccccc1F.I. The van der Waals surface area contributed by atoms with Gasteiger partial charge >= 0.3 is 0 Å². The third-order valence-corrected chi connectivity index (χ3v) is 4.10. The van der Waals surface area contributed by atoms with E-state index in [1.807, 2.05) is 19.1 Å². The van der Waals surface area contributed by atoms with Crippen LogP contribution in [0, 0.1) is 5.82 Å². The molecule has 0 saturated heterocycles. The Bertz CT molecular complexity index is 813. The number of guanidine groups is 1. The molecule has 158 valence electrons. The fourth-order valence-corrected chi connectivity index (χ4v) is 2.57. The second kappa shape index (κ2) is 12.4. The number of carbonyl (C=O) groups excluding carboxylic acids is 1. The fourth-order valence-electron chi connectivity index (χ4n) is 2.57. The maximum atomic E-state index is 13.8. The molecule has 2 aromatic rings. The van der Waals surface area contributed by atoms with E-state index in [1.54, 1.807) is 44.4 Å². The van der Waals surface area contributed by atoms with Gasteiger partial charge in [-0.3, -0.25) is 4.79 Å². The number of nitrogens with one attached hydrogen (secondary N) is 2.